The number of carbonyl (C=O) groups excluding carboxylic acids is 1. The fourth-order valence-corrected chi connectivity index (χ4v) is 10.7. The van der Waals surface area contributed by atoms with Gasteiger partial charge in [-0.05, 0) is 117 Å². The zero-order chi connectivity index (χ0) is 29.5. The number of fused-ring (bicyclic) bond motifs is 5. The van der Waals surface area contributed by atoms with Gasteiger partial charge in [-0.15, -0.1) is 0 Å². The molecule has 0 spiro atoms. The summed E-state index contributed by atoms with van der Waals surface area (Å²) in [6.45, 7) is 10.5. The Hall–Kier alpha value is -1.50. The van der Waals surface area contributed by atoms with Gasteiger partial charge in [0, 0.05) is 12.5 Å². The molecule has 6 heteroatoms. The normalized spacial score (nSPS) is 40.5. The molecule has 3 unspecified atom stereocenters. The number of hydrogen-bond acceptors (Lipinski definition) is 5. The molecular weight excluding hydrogens is 519 g/mol. The van der Waals surface area contributed by atoms with Crippen molar-refractivity contribution in [1.29, 1.82) is 0 Å². The molecule has 0 radical (unpaired) electrons. The number of halogens is 1. The molecule has 4 aliphatic carbocycles. The van der Waals surface area contributed by atoms with Crippen LogP contribution < -0.4 is 0 Å². The van der Waals surface area contributed by atoms with Crippen molar-refractivity contribution in [2.45, 2.75) is 130 Å². The van der Waals surface area contributed by atoms with E-state index in [-0.39, 0.29) is 29.2 Å². The smallest absolute Gasteiger partial charge is 0.302 e. The van der Waals surface area contributed by atoms with E-state index in [1.54, 1.807) is 19.1 Å². The molecule has 0 amide bonds. The summed E-state index contributed by atoms with van der Waals surface area (Å²) in [4.78, 5) is 11.6. The fraction of sp³-hybridized carbons (Fsp3) is 0.800. The largest absolute Gasteiger partial charge is 0.460 e. The Labute approximate surface area is 246 Å². The molecule has 0 heterocycles. The lowest BCUT2D eigenvalue weighted by Crippen LogP contribution is -2.58. The molecule has 0 aliphatic heterocycles. The molecule has 0 bridgehead atoms. The predicted octanol–water partition coefficient (Wildman–Crippen LogP) is 7.59. The standard InChI is InChI=1S/C35H53FO5/c1-21(9-8-12-31(40-22(2)37)25-10-6-7-11-30(25)36)26-15-16-27-24-13-14-29-33(39)32(41-23(3)38)18-20-35(29,5)28(24)17-19-34(26,27)4/h6-7,10-11,21-22,24,26-29,31-33,37,39H,8-9,12-20H2,1-5H3/t21?,22?,24-,26+,27-,28-,29-,31?,32-,33+,34+,35+/m0/s1. The molecule has 41 heavy (non-hydrogen) atoms. The summed E-state index contributed by atoms with van der Waals surface area (Å²) in [6.07, 6.45) is 9.54. The zero-order valence-electron chi connectivity index (χ0n) is 25.9. The molecule has 4 fully saturated rings. The van der Waals surface area contributed by atoms with Crippen molar-refractivity contribution >= 4 is 5.97 Å². The first-order valence-electron chi connectivity index (χ1n) is 16.4. The van der Waals surface area contributed by atoms with Crippen LogP contribution in [0.15, 0.2) is 24.3 Å². The lowest BCUT2D eigenvalue weighted by molar-refractivity contribution is -0.191. The fourth-order valence-electron chi connectivity index (χ4n) is 10.7. The number of hydrogen-bond donors (Lipinski definition) is 2. The van der Waals surface area contributed by atoms with Gasteiger partial charge < -0.3 is 19.7 Å². The van der Waals surface area contributed by atoms with Crippen molar-refractivity contribution in [2.75, 3.05) is 0 Å². The lowest BCUT2D eigenvalue weighted by Gasteiger charge is -2.62. The van der Waals surface area contributed by atoms with Gasteiger partial charge >= 0.3 is 5.97 Å². The van der Waals surface area contributed by atoms with Gasteiger partial charge in [0.15, 0.2) is 6.29 Å². The van der Waals surface area contributed by atoms with E-state index in [1.165, 1.54) is 45.1 Å². The molecule has 1 aromatic rings. The minimum atomic E-state index is -0.934. The average Bonchev–Trinajstić information content (AvgIpc) is 3.27. The van der Waals surface area contributed by atoms with E-state index >= 15 is 0 Å². The van der Waals surface area contributed by atoms with Crippen LogP contribution in [0.2, 0.25) is 0 Å². The Morgan fingerprint density at radius 1 is 0.976 bits per heavy atom. The third-order valence-corrected chi connectivity index (χ3v) is 12.5. The number of ether oxygens (including phenoxy) is 2. The predicted molar refractivity (Wildman–Crippen MR) is 157 cm³/mol. The second-order valence-electron chi connectivity index (χ2n) is 14.6. The Balaban J connectivity index is 1.22. The minimum Gasteiger partial charge on any atom is -0.460 e. The molecule has 4 aliphatic rings. The zero-order valence-corrected chi connectivity index (χ0v) is 25.9. The molecule has 0 aromatic heterocycles. The van der Waals surface area contributed by atoms with Crippen LogP contribution in [0.5, 0.6) is 0 Å². The maximum absolute atomic E-state index is 14.5. The van der Waals surface area contributed by atoms with Gasteiger partial charge in [-0.2, -0.15) is 0 Å². The first-order valence-corrected chi connectivity index (χ1v) is 16.4. The Bertz CT molecular complexity index is 1060. The summed E-state index contributed by atoms with van der Waals surface area (Å²) < 4.78 is 25.8. The van der Waals surface area contributed by atoms with E-state index in [4.69, 9.17) is 9.47 Å². The van der Waals surface area contributed by atoms with Crippen LogP contribution >= 0.6 is 0 Å². The first kappa shape index (κ1) is 30.9. The lowest BCUT2D eigenvalue weighted by atomic mass is 9.44. The number of esters is 1. The highest BCUT2D eigenvalue weighted by Crippen LogP contribution is 2.68. The van der Waals surface area contributed by atoms with Crippen LogP contribution in [0.3, 0.4) is 0 Å². The maximum Gasteiger partial charge on any atom is 0.302 e. The summed E-state index contributed by atoms with van der Waals surface area (Å²) in [7, 11) is 0. The van der Waals surface area contributed by atoms with E-state index in [9.17, 15) is 19.4 Å². The van der Waals surface area contributed by atoms with Crippen molar-refractivity contribution in [3.05, 3.63) is 35.6 Å². The SMILES string of the molecule is CC(=O)O[C@H]1CC[C@@]2(C)[C@@H](CC[C@@H]3[C@@H]2CC[C@]2(C)[C@@H](C(C)CCCC(OC(C)O)c4ccccc4F)CC[C@@H]32)[C@H]1O. The number of aliphatic hydroxyl groups is 2. The molecule has 230 valence electrons. The van der Waals surface area contributed by atoms with Crippen LogP contribution in [-0.4, -0.2) is 34.7 Å². The number of aliphatic hydroxyl groups excluding tert-OH is 2. The topological polar surface area (TPSA) is 76.0 Å². The third kappa shape index (κ3) is 5.87. The monoisotopic (exact) mass is 572 g/mol. The van der Waals surface area contributed by atoms with Gasteiger partial charge in [0.05, 0.1) is 12.2 Å². The summed E-state index contributed by atoms with van der Waals surface area (Å²) >= 11 is 0. The van der Waals surface area contributed by atoms with Crippen molar-refractivity contribution in [3.63, 3.8) is 0 Å². The van der Waals surface area contributed by atoms with E-state index in [2.05, 4.69) is 20.8 Å². The second kappa shape index (κ2) is 12.2. The maximum atomic E-state index is 14.5. The van der Waals surface area contributed by atoms with Crippen LogP contribution in [0.25, 0.3) is 0 Å². The highest BCUT2D eigenvalue weighted by Gasteiger charge is 2.62. The molecule has 0 saturated heterocycles. The van der Waals surface area contributed by atoms with Crippen molar-refractivity contribution < 1.29 is 28.9 Å². The van der Waals surface area contributed by atoms with Crippen LogP contribution in [0.4, 0.5) is 4.39 Å². The first-order chi connectivity index (χ1) is 19.5. The highest BCUT2D eigenvalue weighted by molar-refractivity contribution is 5.66. The van der Waals surface area contributed by atoms with Gasteiger partial charge in [0.1, 0.15) is 11.9 Å². The molecule has 4 saturated carbocycles. The summed E-state index contributed by atoms with van der Waals surface area (Å²) in [6, 6.07) is 6.75. The Morgan fingerprint density at radius 3 is 2.37 bits per heavy atom. The number of benzene rings is 1. The van der Waals surface area contributed by atoms with Gasteiger partial charge in [-0.3, -0.25) is 4.79 Å². The number of carbonyl (C=O) groups is 1. The van der Waals surface area contributed by atoms with E-state index in [1.807, 2.05) is 6.07 Å². The highest BCUT2D eigenvalue weighted by atomic mass is 19.1. The van der Waals surface area contributed by atoms with Gasteiger partial charge in [-0.1, -0.05) is 51.8 Å². The van der Waals surface area contributed by atoms with Crippen molar-refractivity contribution in [2.24, 2.45) is 46.3 Å². The molecule has 1 aromatic carbocycles. The Kier molecular flexibility index (Phi) is 9.24. The van der Waals surface area contributed by atoms with Crippen molar-refractivity contribution in [1.82, 2.24) is 0 Å². The summed E-state index contributed by atoms with van der Waals surface area (Å²) in [5.74, 6) is 3.02. The second-order valence-corrected chi connectivity index (χ2v) is 14.6. The van der Waals surface area contributed by atoms with Gasteiger partial charge in [-0.25, -0.2) is 4.39 Å². The van der Waals surface area contributed by atoms with E-state index < -0.39 is 18.5 Å². The van der Waals surface area contributed by atoms with E-state index in [0.717, 1.165) is 43.9 Å². The average molecular weight is 573 g/mol. The third-order valence-electron chi connectivity index (χ3n) is 12.5. The van der Waals surface area contributed by atoms with Crippen molar-refractivity contribution in [3.8, 4) is 0 Å². The van der Waals surface area contributed by atoms with E-state index in [0.29, 0.717) is 35.2 Å². The molecular formula is C35H53FO5. The molecule has 5 rings (SSSR count). The van der Waals surface area contributed by atoms with Crippen LogP contribution in [-0.2, 0) is 14.3 Å². The van der Waals surface area contributed by atoms with Crippen LogP contribution in [0.1, 0.15) is 117 Å². The summed E-state index contributed by atoms with van der Waals surface area (Å²) in [5.41, 5.74) is 0.997. The minimum absolute atomic E-state index is 0.121. The Morgan fingerprint density at radius 2 is 1.66 bits per heavy atom. The van der Waals surface area contributed by atoms with Gasteiger partial charge in [0.2, 0.25) is 0 Å². The number of rotatable bonds is 9. The quantitative estimate of drug-likeness (QED) is 0.236. The van der Waals surface area contributed by atoms with Gasteiger partial charge in [0.25, 0.3) is 0 Å². The molecule has 12 atom stereocenters. The van der Waals surface area contributed by atoms with Crippen LogP contribution in [0, 0.1) is 52.2 Å². The molecule has 2 N–H and O–H groups in total. The summed E-state index contributed by atoms with van der Waals surface area (Å²) in [5, 5.41) is 21.1. The molecule has 5 nitrogen and oxygen atoms in total.